The number of benzene rings is 1. The molecule has 0 aliphatic rings. The largest absolute Gasteiger partial charge is 0.387 e. The van der Waals surface area contributed by atoms with Gasteiger partial charge in [-0.1, -0.05) is 18.2 Å². The van der Waals surface area contributed by atoms with E-state index >= 15 is 0 Å². The van der Waals surface area contributed by atoms with Crippen LogP contribution < -0.4 is 11.4 Å². The molecule has 1 aromatic carbocycles. The van der Waals surface area contributed by atoms with Crippen molar-refractivity contribution in [1.29, 1.82) is 0 Å². The lowest BCUT2D eigenvalue weighted by Gasteiger charge is -2.14. The molecule has 5 nitrogen and oxygen atoms in total. The molecule has 0 amide bonds. The number of rotatable bonds is 3. The molecule has 0 aliphatic carbocycles. The second-order valence-electron chi connectivity index (χ2n) is 3.88. The van der Waals surface area contributed by atoms with E-state index in [1.54, 1.807) is 18.3 Å². The lowest BCUT2D eigenvalue weighted by molar-refractivity contribution is 0.186. The molecular formula is C12H15N3O2. The highest BCUT2D eigenvalue weighted by Crippen LogP contribution is 2.20. The standard InChI is InChI=1S/C12H15N3O2/c1-8-7-14-12(17)15(8)10-5-3-2-4-9(10)11(16)6-13/h2-5,7,11,16H,6,13H2,1H3,(H,14,17). The van der Waals surface area contributed by atoms with Gasteiger partial charge < -0.3 is 15.8 Å². The summed E-state index contributed by atoms with van der Waals surface area (Å²) in [6.07, 6.45) is 0.862. The maximum absolute atomic E-state index is 11.7. The van der Waals surface area contributed by atoms with Crippen molar-refractivity contribution in [2.75, 3.05) is 6.54 Å². The molecule has 5 heteroatoms. The van der Waals surface area contributed by atoms with E-state index in [1.807, 2.05) is 19.1 Å². The Hall–Kier alpha value is -1.85. The van der Waals surface area contributed by atoms with Crippen molar-refractivity contribution in [3.05, 3.63) is 52.2 Å². The summed E-state index contributed by atoms with van der Waals surface area (Å²) in [5.74, 6) is 0. The quantitative estimate of drug-likeness (QED) is 0.720. The van der Waals surface area contributed by atoms with Crippen molar-refractivity contribution in [3.8, 4) is 5.69 Å². The number of para-hydroxylation sites is 1. The molecule has 2 rings (SSSR count). The molecule has 2 aromatic rings. The highest BCUT2D eigenvalue weighted by atomic mass is 16.3. The van der Waals surface area contributed by atoms with Crippen LogP contribution in [0.3, 0.4) is 0 Å². The number of nitrogens with one attached hydrogen (secondary N) is 1. The minimum Gasteiger partial charge on any atom is -0.387 e. The van der Waals surface area contributed by atoms with Gasteiger partial charge in [-0.15, -0.1) is 0 Å². The molecule has 17 heavy (non-hydrogen) atoms. The summed E-state index contributed by atoms with van der Waals surface area (Å²) >= 11 is 0. The van der Waals surface area contributed by atoms with Gasteiger partial charge in [0.15, 0.2) is 0 Å². The molecule has 4 N–H and O–H groups in total. The first-order valence-corrected chi connectivity index (χ1v) is 5.39. The zero-order valence-corrected chi connectivity index (χ0v) is 9.55. The molecule has 1 aromatic heterocycles. The van der Waals surface area contributed by atoms with E-state index in [0.29, 0.717) is 11.3 Å². The van der Waals surface area contributed by atoms with Gasteiger partial charge in [0.1, 0.15) is 0 Å². The second kappa shape index (κ2) is 4.57. The van der Waals surface area contributed by atoms with E-state index in [1.165, 1.54) is 4.57 Å². The van der Waals surface area contributed by atoms with Gasteiger partial charge in [0.25, 0.3) is 0 Å². The van der Waals surface area contributed by atoms with Gasteiger partial charge in [0.2, 0.25) is 0 Å². The number of aryl methyl sites for hydroxylation is 1. The monoisotopic (exact) mass is 233 g/mol. The van der Waals surface area contributed by atoms with Crippen molar-refractivity contribution < 1.29 is 5.11 Å². The number of nitrogens with two attached hydrogens (primary N) is 1. The highest BCUT2D eigenvalue weighted by molar-refractivity contribution is 5.43. The van der Waals surface area contributed by atoms with Gasteiger partial charge in [0.05, 0.1) is 11.8 Å². The Labute approximate surface area is 98.5 Å². The van der Waals surface area contributed by atoms with Crippen molar-refractivity contribution in [2.45, 2.75) is 13.0 Å². The predicted octanol–water partition coefficient (Wildman–Crippen LogP) is 0.466. The Bertz CT molecular complexity index is 571. The molecule has 1 atom stereocenters. The van der Waals surface area contributed by atoms with Gasteiger partial charge in [-0.05, 0) is 13.0 Å². The van der Waals surface area contributed by atoms with Crippen LogP contribution in [0.2, 0.25) is 0 Å². The number of imidazole rings is 1. The number of aliphatic hydroxyl groups excluding tert-OH is 1. The summed E-state index contributed by atoms with van der Waals surface area (Å²) in [7, 11) is 0. The molecule has 0 saturated carbocycles. The molecule has 0 bridgehead atoms. The summed E-state index contributed by atoms with van der Waals surface area (Å²) < 4.78 is 1.52. The summed E-state index contributed by atoms with van der Waals surface area (Å²) in [5, 5.41) is 9.84. The summed E-state index contributed by atoms with van der Waals surface area (Å²) in [4.78, 5) is 14.3. The third-order valence-electron chi connectivity index (χ3n) is 2.72. The fourth-order valence-electron chi connectivity index (χ4n) is 1.85. The minimum absolute atomic E-state index is 0.120. The van der Waals surface area contributed by atoms with Crippen LogP contribution in [-0.4, -0.2) is 21.2 Å². The predicted molar refractivity (Wildman–Crippen MR) is 65.1 cm³/mol. The second-order valence-corrected chi connectivity index (χ2v) is 3.88. The molecule has 1 unspecified atom stereocenters. The fourth-order valence-corrected chi connectivity index (χ4v) is 1.85. The zero-order chi connectivity index (χ0) is 12.4. The first kappa shape index (κ1) is 11.6. The molecule has 0 aliphatic heterocycles. The van der Waals surface area contributed by atoms with E-state index in [2.05, 4.69) is 4.98 Å². The van der Waals surface area contributed by atoms with Crippen LogP contribution in [0.15, 0.2) is 35.3 Å². The van der Waals surface area contributed by atoms with Crippen LogP contribution in [0.1, 0.15) is 17.4 Å². The van der Waals surface area contributed by atoms with E-state index < -0.39 is 6.10 Å². The molecule has 0 radical (unpaired) electrons. The van der Waals surface area contributed by atoms with E-state index in [-0.39, 0.29) is 12.2 Å². The molecular weight excluding hydrogens is 218 g/mol. The number of aromatic amines is 1. The van der Waals surface area contributed by atoms with Crippen LogP contribution in [0, 0.1) is 6.92 Å². The number of aliphatic hydroxyl groups is 1. The van der Waals surface area contributed by atoms with Crippen molar-refractivity contribution in [2.24, 2.45) is 5.73 Å². The maximum atomic E-state index is 11.7. The number of hydrogen-bond donors (Lipinski definition) is 3. The average molecular weight is 233 g/mol. The fraction of sp³-hybridized carbons (Fsp3) is 0.250. The van der Waals surface area contributed by atoms with Crippen LogP contribution in [0.25, 0.3) is 5.69 Å². The van der Waals surface area contributed by atoms with Crippen LogP contribution in [0.4, 0.5) is 0 Å². The van der Waals surface area contributed by atoms with Crippen molar-refractivity contribution in [1.82, 2.24) is 9.55 Å². The number of H-pyrrole nitrogens is 1. The summed E-state index contributed by atoms with van der Waals surface area (Å²) in [5.41, 5.74) is 7.33. The first-order chi connectivity index (χ1) is 8.15. The SMILES string of the molecule is Cc1c[nH]c(=O)n1-c1ccccc1C(O)CN. The zero-order valence-electron chi connectivity index (χ0n) is 9.55. The maximum Gasteiger partial charge on any atom is 0.330 e. The number of hydrogen-bond acceptors (Lipinski definition) is 3. The molecule has 0 saturated heterocycles. The van der Waals surface area contributed by atoms with Crippen LogP contribution >= 0.6 is 0 Å². The summed E-state index contributed by atoms with van der Waals surface area (Å²) in [6, 6.07) is 7.19. The van der Waals surface area contributed by atoms with Crippen molar-refractivity contribution >= 4 is 0 Å². The minimum atomic E-state index is -0.771. The lowest BCUT2D eigenvalue weighted by Crippen LogP contribution is -2.20. The van der Waals surface area contributed by atoms with E-state index in [4.69, 9.17) is 5.73 Å². The Morgan fingerprint density at radius 2 is 2.18 bits per heavy atom. The van der Waals surface area contributed by atoms with E-state index in [9.17, 15) is 9.90 Å². The molecule has 90 valence electrons. The Balaban J connectivity index is 2.64. The van der Waals surface area contributed by atoms with Gasteiger partial charge in [-0.3, -0.25) is 4.57 Å². The lowest BCUT2D eigenvalue weighted by atomic mass is 10.1. The highest BCUT2D eigenvalue weighted by Gasteiger charge is 2.14. The summed E-state index contributed by atoms with van der Waals surface area (Å²) in [6.45, 7) is 1.94. The first-order valence-electron chi connectivity index (χ1n) is 5.39. The molecule has 0 fully saturated rings. The Morgan fingerprint density at radius 3 is 2.76 bits per heavy atom. The van der Waals surface area contributed by atoms with E-state index in [0.717, 1.165) is 5.69 Å². The molecule has 1 heterocycles. The Kier molecular flexibility index (Phi) is 3.12. The number of nitrogens with zero attached hydrogens (tertiary/aromatic N) is 1. The number of aromatic nitrogens is 2. The third kappa shape index (κ3) is 2.02. The smallest absolute Gasteiger partial charge is 0.330 e. The van der Waals surface area contributed by atoms with Gasteiger partial charge >= 0.3 is 5.69 Å². The van der Waals surface area contributed by atoms with Crippen molar-refractivity contribution in [3.63, 3.8) is 0 Å². The van der Waals surface area contributed by atoms with Crippen LogP contribution in [0.5, 0.6) is 0 Å². The van der Waals surface area contributed by atoms with Crippen LogP contribution in [-0.2, 0) is 0 Å². The average Bonchev–Trinajstić information content (AvgIpc) is 2.68. The topological polar surface area (TPSA) is 84.0 Å². The molecule has 0 spiro atoms. The van der Waals surface area contributed by atoms with Gasteiger partial charge in [0, 0.05) is 24.0 Å². The normalized spacial score (nSPS) is 12.6. The van der Waals surface area contributed by atoms with Gasteiger partial charge in [-0.25, -0.2) is 4.79 Å². The third-order valence-corrected chi connectivity index (χ3v) is 2.72. The Morgan fingerprint density at radius 1 is 1.47 bits per heavy atom. The van der Waals surface area contributed by atoms with Gasteiger partial charge in [-0.2, -0.15) is 0 Å².